The third-order valence-electron chi connectivity index (χ3n) is 2.69. The molecule has 1 aliphatic rings. The average Bonchev–Trinajstić information content (AvgIpc) is 2.74. The molecule has 12 heavy (non-hydrogen) atoms. The molecule has 0 bridgehead atoms. The van der Waals surface area contributed by atoms with Gasteiger partial charge in [0.05, 0.1) is 6.33 Å². The molecule has 1 aliphatic carbocycles. The topological polar surface area (TPSA) is 43.8 Å². The molecule has 3 heteroatoms. The van der Waals surface area contributed by atoms with Crippen molar-refractivity contribution < 1.29 is 0 Å². The van der Waals surface area contributed by atoms with Gasteiger partial charge in [0, 0.05) is 24.4 Å². The highest BCUT2D eigenvalue weighted by molar-refractivity contribution is 5.16. The first-order valence-corrected chi connectivity index (χ1v) is 4.57. The van der Waals surface area contributed by atoms with Crippen molar-refractivity contribution in [3.05, 3.63) is 18.2 Å². The molecule has 0 amide bonds. The molecule has 0 radical (unpaired) electrons. The van der Waals surface area contributed by atoms with Crippen LogP contribution in [0.5, 0.6) is 0 Å². The van der Waals surface area contributed by atoms with Crippen molar-refractivity contribution >= 4 is 0 Å². The van der Waals surface area contributed by atoms with Crippen molar-refractivity contribution in [3.8, 4) is 0 Å². The zero-order valence-corrected chi connectivity index (χ0v) is 7.40. The molecule has 0 aromatic carbocycles. The molecule has 1 aromatic rings. The minimum Gasteiger partial charge on any atom is -0.335 e. The normalized spacial score (nSPS) is 27.5. The first-order chi connectivity index (χ1) is 5.86. The van der Waals surface area contributed by atoms with Crippen LogP contribution >= 0.6 is 0 Å². The Morgan fingerprint density at radius 3 is 3.17 bits per heavy atom. The number of hydrogen-bond acceptors (Lipinski definition) is 2. The van der Waals surface area contributed by atoms with Gasteiger partial charge >= 0.3 is 0 Å². The quantitative estimate of drug-likeness (QED) is 0.725. The van der Waals surface area contributed by atoms with E-state index in [1.54, 1.807) is 0 Å². The lowest BCUT2D eigenvalue weighted by Crippen LogP contribution is -2.04. The maximum absolute atomic E-state index is 5.59. The van der Waals surface area contributed by atoms with Crippen LogP contribution in [0.3, 0.4) is 0 Å². The molecule has 1 fully saturated rings. The number of hydrogen-bond donors (Lipinski definition) is 1. The molecule has 0 saturated heterocycles. The summed E-state index contributed by atoms with van der Waals surface area (Å²) in [5.74, 6) is 1.41. The molecule has 2 atom stereocenters. The lowest BCUT2D eigenvalue weighted by molar-refractivity contribution is 0.691. The average molecular weight is 165 g/mol. The van der Waals surface area contributed by atoms with Crippen LogP contribution < -0.4 is 5.73 Å². The number of nitrogens with zero attached hydrogens (tertiary/aromatic N) is 2. The SMILES string of the molecule is CCn1cncc1[C@@H]1C[C@H]1CN. The number of aromatic nitrogens is 2. The predicted molar refractivity (Wildman–Crippen MR) is 47.8 cm³/mol. The summed E-state index contributed by atoms with van der Waals surface area (Å²) >= 11 is 0. The Kier molecular flexibility index (Phi) is 1.89. The van der Waals surface area contributed by atoms with E-state index in [0.717, 1.165) is 13.1 Å². The summed E-state index contributed by atoms with van der Waals surface area (Å²) in [6.45, 7) is 3.98. The first-order valence-electron chi connectivity index (χ1n) is 4.57. The molecule has 2 rings (SSSR count). The molecule has 1 aromatic heterocycles. The minimum atomic E-state index is 0.692. The van der Waals surface area contributed by atoms with Crippen molar-refractivity contribution in [1.82, 2.24) is 9.55 Å². The number of nitrogens with two attached hydrogens (primary N) is 1. The fourth-order valence-electron chi connectivity index (χ4n) is 1.77. The Morgan fingerprint density at radius 2 is 2.58 bits per heavy atom. The summed E-state index contributed by atoms with van der Waals surface area (Å²) in [6, 6.07) is 0. The Morgan fingerprint density at radius 1 is 1.75 bits per heavy atom. The smallest absolute Gasteiger partial charge is 0.0948 e. The van der Waals surface area contributed by atoms with Gasteiger partial charge in [-0.25, -0.2) is 4.98 Å². The number of imidazole rings is 1. The molecular weight excluding hydrogens is 150 g/mol. The zero-order valence-electron chi connectivity index (χ0n) is 7.40. The van der Waals surface area contributed by atoms with E-state index in [-0.39, 0.29) is 0 Å². The Bertz CT molecular complexity index is 266. The standard InChI is InChI=1S/C9H15N3/c1-2-12-6-11-5-9(12)8-3-7(8)4-10/h5-8H,2-4,10H2,1H3/t7-,8+/m0/s1. The van der Waals surface area contributed by atoms with Crippen LogP contribution in [0.25, 0.3) is 0 Å². The van der Waals surface area contributed by atoms with E-state index in [0.29, 0.717) is 11.8 Å². The number of rotatable bonds is 3. The highest BCUT2D eigenvalue weighted by atomic mass is 15.0. The van der Waals surface area contributed by atoms with Gasteiger partial charge in [-0.2, -0.15) is 0 Å². The van der Waals surface area contributed by atoms with Gasteiger partial charge in [-0.3, -0.25) is 0 Å². The van der Waals surface area contributed by atoms with Gasteiger partial charge in [0.15, 0.2) is 0 Å². The van der Waals surface area contributed by atoms with Crippen LogP contribution in [0.4, 0.5) is 0 Å². The van der Waals surface area contributed by atoms with E-state index in [1.807, 2.05) is 12.5 Å². The van der Waals surface area contributed by atoms with Crippen molar-refractivity contribution in [2.45, 2.75) is 25.8 Å². The van der Waals surface area contributed by atoms with Crippen LogP contribution in [0.2, 0.25) is 0 Å². The van der Waals surface area contributed by atoms with Gasteiger partial charge < -0.3 is 10.3 Å². The molecule has 66 valence electrons. The summed E-state index contributed by atoms with van der Waals surface area (Å²) in [6.07, 6.45) is 5.13. The summed E-state index contributed by atoms with van der Waals surface area (Å²) in [4.78, 5) is 4.15. The molecule has 0 unspecified atom stereocenters. The van der Waals surface area contributed by atoms with Crippen molar-refractivity contribution in [3.63, 3.8) is 0 Å². The summed E-state index contributed by atoms with van der Waals surface area (Å²) in [7, 11) is 0. The minimum absolute atomic E-state index is 0.692. The lowest BCUT2D eigenvalue weighted by Gasteiger charge is -2.02. The van der Waals surface area contributed by atoms with E-state index >= 15 is 0 Å². The highest BCUT2D eigenvalue weighted by Gasteiger charge is 2.38. The summed E-state index contributed by atoms with van der Waals surface area (Å²) in [5.41, 5.74) is 6.96. The van der Waals surface area contributed by atoms with Crippen molar-refractivity contribution in [1.29, 1.82) is 0 Å². The highest BCUT2D eigenvalue weighted by Crippen LogP contribution is 2.46. The zero-order chi connectivity index (χ0) is 8.55. The van der Waals surface area contributed by atoms with Crippen LogP contribution in [0.15, 0.2) is 12.5 Å². The fraction of sp³-hybridized carbons (Fsp3) is 0.667. The van der Waals surface area contributed by atoms with E-state index in [1.165, 1.54) is 12.1 Å². The van der Waals surface area contributed by atoms with Gasteiger partial charge in [-0.1, -0.05) is 0 Å². The van der Waals surface area contributed by atoms with E-state index in [2.05, 4.69) is 16.5 Å². The van der Waals surface area contributed by atoms with E-state index in [9.17, 15) is 0 Å². The third-order valence-corrected chi connectivity index (χ3v) is 2.69. The van der Waals surface area contributed by atoms with Crippen LogP contribution in [-0.2, 0) is 6.54 Å². The van der Waals surface area contributed by atoms with Gasteiger partial charge in [-0.15, -0.1) is 0 Å². The van der Waals surface area contributed by atoms with Gasteiger partial charge in [0.25, 0.3) is 0 Å². The van der Waals surface area contributed by atoms with Gasteiger partial charge in [0.1, 0.15) is 0 Å². The van der Waals surface area contributed by atoms with Crippen molar-refractivity contribution in [2.75, 3.05) is 6.54 Å². The molecule has 0 aliphatic heterocycles. The maximum Gasteiger partial charge on any atom is 0.0948 e. The predicted octanol–water partition coefficient (Wildman–Crippen LogP) is 0.965. The summed E-state index contributed by atoms with van der Waals surface area (Å²) in [5, 5.41) is 0. The van der Waals surface area contributed by atoms with E-state index in [4.69, 9.17) is 5.73 Å². The Balaban J connectivity index is 2.13. The maximum atomic E-state index is 5.59. The van der Waals surface area contributed by atoms with Crippen LogP contribution in [0.1, 0.15) is 25.0 Å². The molecule has 1 saturated carbocycles. The molecule has 1 heterocycles. The molecule has 2 N–H and O–H groups in total. The van der Waals surface area contributed by atoms with Crippen LogP contribution in [0, 0.1) is 5.92 Å². The second-order valence-electron chi connectivity index (χ2n) is 3.44. The monoisotopic (exact) mass is 165 g/mol. The Hall–Kier alpha value is -0.830. The molecular formula is C9H15N3. The second-order valence-corrected chi connectivity index (χ2v) is 3.44. The number of aryl methyl sites for hydroxylation is 1. The Labute approximate surface area is 72.6 Å². The lowest BCUT2D eigenvalue weighted by atomic mass is 10.2. The second kappa shape index (κ2) is 2.90. The molecule has 3 nitrogen and oxygen atoms in total. The largest absolute Gasteiger partial charge is 0.335 e. The van der Waals surface area contributed by atoms with Gasteiger partial charge in [0.2, 0.25) is 0 Å². The first kappa shape index (κ1) is 7.80. The van der Waals surface area contributed by atoms with E-state index < -0.39 is 0 Å². The van der Waals surface area contributed by atoms with Crippen molar-refractivity contribution in [2.24, 2.45) is 11.7 Å². The molecule has 0 spiro atoms. The third kappa shape index (κ3) is 1.14. The fourth-order valence-corrected chi connectivity index (χ4v) is 1.77. The summed E-state index contributed by atoms with van der Waals surface area (Å²) < 4.78 is 2.21. The van der Waals surface area contributed by atoms with Crippen LogP contribution in [-0.4, -0.2) is 16.1 Å². The van der Waals surface area contributed by atoms with Gasteiger partial charge in [-0.05, 0) is 25.8 Å².